The first kappa shape index (κ1) is 14.7. The number of nitrogens with two attached hydrogens (primary N) is 1. The van der Waals surface area contributed by atoms with Crippen LogP contribution in [-0.4, -0.2) is 31.3 Å². The molecule has 0 saturated carbocycles. The molecule has 0 heterocycles. The van der Waals surface area contributed by atoms with Crippen LogP contribution in [0.5, 0.6) is 5.75 Å². The predicted octanol–water partition coefficient (Wildman–Crippen LogP) is 0.414. The highest BCUT2D eigenvalue weighted by Crippen LogP contribution is 2.23. The van der Waals surface area contributed by atoms with Crippen molar-refractivity contribution < 1.29 is 18.6 Å². The lowest BCUT2D eigenvalue weighted by molar-refractivity contribution is 0.270. The van der Waals surface area contributed by atoms with E-state index in [9.17, 15) is 13.5 Å². The maximum absolute atomic E-state index is 12.0. The molecule has 1 aromatic rings. The molecule has 1 atom stereocenters. The van der Waals surface area contributed by atoms with Gasteiger partial charge in [0.1, 0.15) is 5.75 Å². The molecular weight excluding hydrogens is 256 g/mol. The molecule has 1 unspecified atom stereocenters. The van der Waals surface area contributed by atoms with Crippen LogP contribution >= 0.6 is 0 Å². The molecule has 0 aromatic heterocycles. The maximum atomic E-state index is 12.0. The van der Waals surface area contributed by atoms with Crippen molar-refractivity contribution in [2.45, 2.75) is 30.7 Å². The zero-order chi connectivity index (χ0) is 13.8. The van der Waals surface area contributed by atoms with Gasteiger partial charge in [-0.1, -0.05) is 6.92 Å². The topological polar surface area (TPSA) is 113 Å². The minimum atomic E-state index is -3.69. The third-order valence-corrected chi connectivity index (χ3v) is 4.12. The number of hydrogen-bond acceptors (Lipinski definition) is 5. The van der Waals surface area contributed by atoms with Gasteiger partial charge in [-0.25, -0.2) is 13.1 Å². The van der Waals surface area contributed by atoms with Gasteiger partial charge in [-0.15, -0.1) is 0 Å². The number of benzene rings is 1. The van der Waals surface area contributed by atoms with Gasteiger partial charge in [-0.2, -0.15) is 0 Å². The van der Waals surface area contributed by atoms with Crippen LogP contribution in [0.15, 0.2) is 23.1 Å². The molecule has 0 aliphatic heterocycles. The minimum absolute atomic E-state index is 0.00538. The monoisotopic (exact) mass is 274 g/mol. The Kier molecular flexibility index (Phi) is 4.94. The lowest BCUT2D eigenvalue weighted by Gasteiger charge is -2.16. The molecule has 0 bridgehead atoms. The van der Waals surface area contributed by atoms with Gasteiger partial charge in [-0.05, 0) is 31.0 Å². The Balaban J connectivity index is 2.95. The van der Waals surface area contributed by atoms with Crippen LogP contribution in [-0.2, 0) is 10.0 Å². The summed E-state index contributed by atoms with van der Waals surface area (Å²) in [5, 5.41) is 18.1. The van der Waals surface area contributed by atoms with Crippen molar-refractivity contribution in [3.8, 4) is 5.75 Å². The van der Waals surface area contributed by atoms with E-state index in [0.29, 0.717) is 12.8 Å². The fourth-order valence-electron chi connectivity index (χ4n) is 1.49. The first-order valence-corrected chi connectivity index (χ1v) is 7.10. The number of anilines is 1. The molecule has 0 aliphatic carbocycles. The first-order chi connectivity index (χ1) is 8.40. The van der Waals surface area contributed by atoms with Crippen LogP contribution < -0.4 is 10.5 Å². The Morgan fingerprint density at radius 3 is 2.61 bits per heavy atom. The van der Waals surface area contributed by atoms with Gasteiger partial charge in [0.15, 0.2) is 0 Å². The molecule has 5 N–H and O–H groups in total. The van der Waals surface area contributed by atoms with E-state index in [-0.39, 0.29) is 29.0 Å². The Labute approximate surface area is 106 Å². The fraction of sp³-hybridized carbons (Fsp3) is 0.455. The van der Waals surface area contributed by atoms with E-state index in [1.807, 2.05) is 6.92 Å². The highest BCUT2D eigenvalue weighted by Gasteiger charge is 2.19. The Morgan fingerprint density at radius 2 is 2.11 bits per heavy atom. The second-order valence-electron chi connectivity index (χ2n) is 3.96. The number of aliphatic hydroxyl groups is 1. The maximum Gasteiger partial charge on any atom is 0.240 e. The molecule has 1 aromatic carbocycles. The van der Waals surface area contributed by atoms with Gasteiger partial charge in [0.05, 0.1) is 10.6 Å². The number of sulfonamides is 1. The lowest BCUT2D eigenvalue weighted by atomic mass is 10.2. The van der Waals surface area contributed by atoms with E-state index in [1.165, 1.54) is 18.2 Å². The number of phenols is 1. The van der Waals surface area contributed by atoms with Gasteiger partial charge in [0.2, 0.25) is 10.0 Å². The minimum Gasteiger partial charge on any atom is -0.506 e. The van der Waals surface area contributed by atoms with E-state index in [0.717, 1.165) is 0 Å². The highest BCUT2D eigenvalue weighted by molar-refractivity contribution is 7.89. The van der Waals surface area contributed by atoms with Gasteiger partial charge < -0.3 is 15.9 Å². The first-order valence-electron chi connectivity index (χ1n) is 5.62. The van der Waals surface area contributed by atoms with Gasteiger partial charge in [0.25, 0.3) is 0 Å². The second-order valence-corrected chi connectivity index (χ2v) is 5.67. The van der Waals surface area contributed by atoms with Crippen LogP contribution in [0.1, 0.15) is 19.8 Å². The summed E-state index contributed by atoms with van der Waals surface area (Å²) in [6, 6.07) is 3.38. The molecule has 0 aliphatic rings. The van der Waals surface area contributed by atoms with Crippen LogP contribution in [0.2, 0.25) is 0 Å². The van der Waals surface area contributed by atoms with Crippen molar-refractivity contribution >= 4 is 15.7 Å². The van der Waals surface area contributed by atoms with E-state index in [2.05, 4.69) is 4.72 Å². The number of aliphatic hydroxyl groups excluding tert-OH is 1. The van der Waals surface area contributed by atoms with Crippen LogP contribution in [0.3, 0.4) is 0 Å². The summed E-state index contributed by atoms with van der Waals surface area (Å²) < 4.78 is 26.5. The molecule has 102 valence electrons. The zero-order valence-electron chi connectivity index (χ0n) is 10.1. The van der Waals surface area contributed by atoms with Crippen molar-refractivity contribution in [1.29, 1.82) is 0 Å². The number of phenolic OH excluding ortho intramolecular Hbond substituents is 1. The average molecular weight is 274 g/mol. The summed E-state index contributed by atoms with van der Waals surface area (Å²) in [5.74, 6) is -0.156. The van der Waals surface area contributed by atoms with E-state index < -0.39 is 10.0 Å². The van der Waals surface area contributed by atoms with E-state index in [4.69, 9.17) is 10.8 Å². The summed E-state index contributed by atoms with van der Waals surface area (Å²) in [7, 11) is -3.69. The fourth-order valence-corrected chi connectivity index (χ4v) is 2.88. The molecule has 0 spiro atoms. The number of hydrogen-bond donors (Lipinski definition) is 4. The van der Waals surface area contributed by atoms with Crippen molar-refractivity contribution in [2.24, 2.45) is 0 Å². The zero-order valence-corrected chi connectivity index (χ0v) is 10.9. The summed E-state index contributed by atoms with van der Waals surface area (Å²) in [6.07, 6.45) is 0.927. The number of nitrogens with one attached hydrogen (secondary N) is 1. The largest absolute Gasteiger partial charge is 0.506 e. The van der Waals surface area contributed by atoms with Gasteiger partial charge >= 0.3 is 0 Å². The van der Waals surface area contributed by atoms with Crippen molar-refractivity contribution in [3.63, 3.8) is 0 Å². The third-order valence-electron chi connectivity index (χ3n) is 2.60. The summed E-state index contributed by atoms with van der Waals surface area (Å²) >= 11 is 0. The lowest BCUT2D eigenvalue weighted by Crippen LogP contribution is -2.35. The Hall–Kier alpha value is -1.31. The van der Waals surface area contributed by atoms with Gasteiger partial charge in [-0.3, -0.25) is 0 Å². The Morgan fingerprint density at radius 1 is 1.44 bits per heavy atom. The van der Waals surface area contributed by atoms with E-state index >= 15 is 0 Å². The molecule has 0 radical (unpaired) electrons. The average Bonchev–Trinajstić information content (AvgIpc) is 2.31. The number of nitrogen functional groups attached to an aromatic ring is 1. The predicted molar refractivity (Wildman–Crippen MR) is 68.6 cm³/mol. The molecule has 7 heteroatoms. The van der Waals surface area contributed by atoms with E-state index in [1.54, 1.807) is 0 Å². The second kappa shape index (κ2) is 6.03. The summed E-state index contributed by atoms with van der Waals surface area (Å²) in [5.41, 5.74) is 5.46. The SMILES string of the molecule is CCC(CCO)NS(=O)(=O)c1ccc(O)c(N)c1. The Bertz CT molecular complexity index is 502. The molecule has 0 saturated heterocycles. The van der Waals surface area contributed by atoms with Crippen molar-refractivity contribution in [1.82, 2.24) is 4.72 Å². The number of aromatic hydroxyl groups is 1. The van der Waals surface area contributed by atoms with Crippen molar-refractivity contribution in [3.05, 3.63) is 18.2 Å². The van der Waals surface area contributed by atoms with Crippen LogP contribution in [0, 0.1) is 0 Å². The summed E-state index contributed by atoms with van der Waals surface area (Å²) in [6.45, 7) is 1.74. The standard InChI is InChI=1S/C11H18N2O4S/c1-2-8(5-6-14)13-18(16,17)9-3-4-11(15)10(12)7-9/h3-4,7-8,13-15H,2,5-6,12H2,1H3. The number of rotatable bonds is 6. The highest BCUT2D eigenvalue weighted by atomic mass is 32.2. The quantitative estimate of drug-likeness (QED) is 0.443. The molecule has 1 rings (SSSR count). The normalized spacial score (nSPS) is 13.4. The van der Waals surface area contributed by atoms with Crippen molar-refractivity contribution in [2.75, 3.05) is 12.3 Å². The van der Waals surface area contributed by atoms with Crippen LogP contribution in [0.25, 0.3) is 0 Å². The molecule has 6 nitrogen and oxygen atoms in total. The third kappa shape index (κ3) is 3.59. The molecule has 18 heavy (non-hydrogen) atoms. The molecule has 0 fully saturated rings. The smallest absolute Gasteiger partial charge is 0.240 e. The van der Waals surface area contributed by atoms with Gasteiger partial charge in [0, 0.05) is 12.6 Å². The van der Waals surface area contributed by atoms with Crippen LogP contribution in [0.4, 0.5) is 5.69 Å². The summed E-state index contributed by atoms with van der Waals surface area (Å²) in [4.78, 5) is -0.00538. The molecule has 0 amide bonds. The molecular formula is C11H18N2O4S.